The van der Waals surface area contributed by atoms with Crippen LogP contribution in [-0.4, -0.2) is 29.6 Å². The lowest BCUT2D eigenvalue weighted by Crippen LogP contribution is -2.47. The predicted molar refractivity (Wildman–Crippen MR) is 166 cm³/mol. The maximum atomic E-state index is 13.3. The van der Waals surface area contributed by atoms with E-state index in [0.29, 0.717) is 30.0 Å². The molecule has 3 amide bonds. The van der Waals surface area contributed by atoms with E-state index in [1.165, 1.54) is 17.7 Å². The largest absolute Gasteiger partial charge is 0.369 e. The lowest BCUT2D eigenvalue weighted by Gasteiger charge is -2.44. The zero-order valence-electron chi connectivity index (χ0n) is 24.0. The van der Waals surface area contributed by atoms with Gasteiger partial charge in [0.05, 0.1) is 11.4 Å². The third-order valence-corrected chi connectivity index (χ3v) is 8.31. The fraction of sp³-hybridized carbons (Fsp3) is 0.265. The second-order valence-electron chi connectivity index (χ2n) is 11.3. The molecule has 3 aromatic carbocycles. The molecule has 0 aliphatic carbocycles. The smallest absolute Gasteiger partial charge is 0.323 e. The number of hydrogen-bond donors (Lipinski definition) is 3. The van der Waals surface area contributed by atoms with Gasteiger partial charge in [0.2, 0.25) is 0 Å². The van der Waals surface area contributed by atoms with Crippen LogP contribution in [0.25, 0.3) is 0 Å². The van der Waals surface area contributed by atoms with Crippen LogP contribution >= 0.6 is 0 Å². The van der Waals surface area contributed by atoms with E-state index >= 15 is 0 Å². The lowest BCUT2D eigenvalue weighted by atomic mass is 9.83. The molecule has 2 aliphatic rings. The summed E-state index contributed by atoms with van der Waals surface area (Å²) >= 11 is 0. The molecule has 6 rings (SSSR count). The van der Waals surface area contributed by atoms with Crippen molar-refractivity contribution in [2.45, 2.75) is 38.8 Å². The summed E-state index contributed by atoms with van der Waals surface area (Å²) in [5.74, 6) is -0.181. The van der Waals surface area contributed by atoms with Crippen molar-refractivity contribution in [1.82, 2.24) is 9.88 Å². The Labute approximate surface area is 249 Å². The molecule has 9 heteroatoms. The second kappa shape index (κ2) is 12.1. The number of fused-ring (bicyclic) bond motifs is 4. The average Bonchev–Trinajstić information content (AvgIpc) is 3.01. The maximum absolute atomic E-state index is 13.3. The van der Waals surface area contributed by atoms with Crippen LogP contribution in [-0.2, 0) is 19.5 Å². The van der Waals surface area contributed by atoms with Gasteiger partial charge in [-0.05, 0) is 78.4 Å². The van der Waals surface area contributed by atoms with Crippen molar-refractivity contribution in [1.29, 1.82) is 0 Å². The van der Waals surface area contributed by atoms with Gasteiger partial charge in [0.1, 0.15) is 5.82 Å². The zero-order chi connectivity index (χ0) is 29.9. The third-order valence-electron chi connectivity index (χ3n) is 8.31. The van der Waals surface area contributed by atoms with Crippen LogP contribution < -0.4 is 26.4 Å². The first-order valence-corrected chi connectivity index (χ1v) is 14.6. The minimum atomic E-state index is -0.413. The lowest BCUT2D eigenvalue weighted by molar-refractivity contribution is 0.0951. The molecule has 0 spiro atoms. The third kappa shape index (κ3) is 6.30. The minimum Gasteiger partial charge on any atom is -0.369 e. The first kappa shape index (κ1) is 28.2. The van der Waals surface area contributed by atoms with Crippen molar-refractivity contribution in [3.05, 3.63) is 123 Å². The van der Waals surface area contributed by atoms with E-state index < -0.39 is 6.03 Å². The first-order valence-electron chi connectivity index (χ1n) is 14.6. The number of aromatic nitrogens is 1. The second-order valence-corrected chi connectivity index (χ2v) is 11.3. The Morgan fingerprint density at radius 3 is 2.42 bits per heavy atom. The van der Waals surface area contributed by atoms with E-state index in [2.05, 4.69) is 27.8 Å². The molecule has 2 bridgehead atoms. The molecule has 2 aliphatic heterocycles. The van der Waals surface area contributed by atoms with Crippen LogP contribution in [0.2, 0.25) is 0 Å². The highest BCUT2D eigenvalue weighted by Crippen LogP contribution is 2.39. The number of nitrogens with one attached hydrogen (secondary N) is 3. The van der Waals surface area contributed by atoms with Crippen molar-refractivity contribution >= 4 is 29.0 Å². The molecule has 3 heterocycles. The molecule has 1 saturated heterocycles. The summed E-state index contributed by atoms with van der Waals surface area (Å²) in [7, 11) is 0. The summed E-state index contributed by atoms with van der Waals surface area (Å²) in [6, 6.07) is 24.0. The van der Waals surface area contributed by atoms with Crippen molar-refractivity contribution in [2.24, 2.45) is 5.92 Å². The van der Waals surface area contributed by atoms with E-state index in [9.17, 15) is 18.8 Å². The van der Waals surface area contributed by atoms with E-state index in [0.717, 1.165) is 36.3 Å². The van der Waals surface area contributed by atoms with Gasteiger partial charge < -0.3 is 25.4 Å². The fourth-order valence-electron chi connectivity index (χ4n) is 6.14. The molecule has 220 valence electrons. The van der Waals surface area contributed by atoms with E-state index in [-0.39, 0.29) is 35.7 Å². The van der Waals surface area contributed by atoms with Gasteiger partial charge in [0.15, 0.2) is 0 Å². The van der Waals surface area contributed by atoms with Gasteiger partial charge in [-0.1, -0.05) is 37.3 Å². The Kier molecular flexibility index (Phi) is 7.96. The van der Waals surface area contributed by atoms with E-state index in [1.54, 1.807) is 30.3 Å². The Morgan fingerprint density at radius 1 is 0.884 bits per heavy atom. The molecule has 1 fully saturated rings. The van der Waals surface area contributed by atoms with Crippen LogP contribution in [0, 0.1) is 11.7 Å². The van der Waals surface area contributed by atoms with Gasteiger partial charge in [-0.25, -0.2) is 9.18 Å². The van der Waals surface area contributed by atoms with E-state index in [4.69, 9.17) is 0 Å². The maximum Gasteiger partial charge on any atom is 0.323 e. The number of urea groups is 1. The van der Waals surface area contributed by atoms with Crippen molar-refractivity contribution in [3.63, 3.8) is 0 Å². The van der Waals surface area contributed by atoms with Crippen molar-refractivity contribution in [2.75, 3.05) is 28.6 Å². The summed E-state index contributed by atoms with van der Waals surface area (Å²) in [5.41, 5.74) is 5.40. The summed E-state index contributed by atoms with van der Waals surface area (Å²) in [4.78, 5) is 41.1. The van der Waals surface area contributed by atoms with Crippen LogP contribution in [0.3, 0.4) is 0 Å². The van der Waals surface area contributed by atoms with Gasteiger partial charge >= 0.3 is 6.03 Å². The van der Waals surface area contributed by atoms with Gasteiger partial charge in [0, 0.05) is 55.1 Å². The number of piperidine rings is 1. The molecule has 8 nitrogen and oxygen atoms in total. The van der Waals surface area contributed by atoms with Gasteiger partial charge in [0.25, 0.3) is 11.5 Å². The van der Waals surface area contributed by atoms with Gasteiger partial charge in [-0.15, -0.1) is 0 Å². The number of amides is 3. The molecular weight excluding hydrogens is 545 g/mol. The Balaban J connectivity index is 1.25. The highest BCUT2D eigenvalue weighted by Gasteiger charge is 2.35. The highest BCUT2D eigenvalue weighted by atomic mass is 19.1. The Morgan fingerprint density at radius 2 is 1.65 bits per heavy atom. The van der Waals surface area contributed by atoms with Crippen LogP contribution in [0.1, 0.15) is 46.4 Å². The monoisotopic (exact) mass is 579 g/mol. The molecule has 2 atom stereocenters. The number of carbonyl (C=O) groups is 2. The fourth-order valence-corrected chi connectivity index (χ4v) is 6.14. The predicted octanol–water partition coefficient (Wildman–Crippen LogP) is 5.75. The topological polar surface area (TPSA) is 95.5 Å². The number of aryl methyl sites for hydroxylation is 1. The summed E-state index contributed by atoms with van der Waals surface area (Å²) in [6.07, 6.45) is 1.91. The number of pyridine rings is 1. The number of benzene rings is 3. The molecule has 43 heavy (non-hydrogen) atoms. The van der Waals surface area contributed by atoms with Crippen LogP contribution in [0.15, 0.2) is 89.7 Å². The molecule has 0 radical (unpaired) electrons. The molecule has 0 unspecified atom stereocenters. The molecular formula is C34H34FN5O3. The molecule has 4 aromatic rings. The molecule has 3 N–H and O–H groups in total. The normalized spacial score (nSPS) is 17.1. The Bertz CT molecular complexity index is 1700. The Hall–Kier alpha value is -4.92. The number of carbonyl (C=O) groups excluding carboxylic acids is 2. The highest BCUT2D eigenvalue weighted by molar-refractivity contribution is 6.04. The van der Waals surface area contributed by atoms with E-state index in [1.807, 2.05) is 47.0 Å². The van der Waals surface area contributed by atoms with Gasteiger partial charge in [-0.2, -0.15) is 0 Å². The number of halogens is 1. The minimum absolute atomic E-state index is 0.0302. The molecule has 0 saturated carbocycles. The number of hydrogen-bond acceptors (Lipinski definition) is 4. The van der Waals surface area contributed by atoms with Crippen molar-refractivity contribution in [3.8, 4) is 0 Å². The number of nitrogens with zero attached hydrogens (tertiary/aromatic N) is 2. The first-order chi connectivity index (χ1) is 20.9. The molecule has 1 aromatic heterocycles. The zero-order valence-corrected chi connectivity index (χ0v) is 24.0. The SMILES string of the molecule is CCc1ccc(NC(=O)Nc2cc(C(=O)NCc3ccc(F)cc3)ccc2N2C[C@H]3C[C@@H](C2)c2cccc(=O)n2C3)cc1. The van der Waals surface area contributed by atoms with Crippen LogP contribution in [0.4, 0.5) is 26.2 Å². The standard InChI is InChI=1S/C34H34FN5O3/c1-2-22-8-13-28(14-9-22)37-34(43)38-29-17-25(33(42)36-18-23-6-11-27(35)12-7-23)10-15-31(29)39-19-24-16-26(21-39)30-4-3-5-32(41)40(30)20-24/h3-15,17,24,26H,2,16,18-21H2,1H3,(H,36,42)(H2,37,38,43)/t24-,26+/m1/s1. The number of anilines is 3. The summed E-state index contributed by atoms with van der Waals surface area (Å²) < 4.78 is 15.2. The summed E-state index contributed by atoms with van der Waals surface area (Å²) in [5, 5.41) is 8.76. The average molecular weight is 580 g/mol. The van der Waals surface area contributed by atoms with Crippen LogP contribution in [0.5, 0.6) is 0 Å². The van der Waals surface area contributed by atoms with Crippen molar-refractivity contribution < 1.29 is 14.0 Å². The number of rotatable bonds is 7. The van der Waals surface area contributed by atoms with Gasteiger partial charge in [-0.3, -0.25) is 9.59 Å². The summed E-state index contributed by atoms with van der Waals surface area (Å²) in [6.45, 7) is 4.38. The quantitative estimate of drug-likeness (QED) is 0.260.